The minimum Gasteiger partial charge on any atom is -0.456 e. The van der Waals surface area contributed by atoms with E-state index in [-0.39, 0.29) is 11.9 Å². The summed E-state index contributed by atoms with van der Waals surface area (Å²) in [5, 5.41) is 0. The quantitative estimate of drug-likeness (QED) is 0.863. The van der Waals surface area contributed by atoms with E-state index in [1.165, 1.54) is 0 Å². The lowest BCUT2D eigenvalue weighted by Gasteiger charge is -2.25. The Balaban J connectivity index is 2.03. The third kappa shape index (κ3) is 3.78. The van der Waals surface area contributed by atoms with Gasteiger partial charge in [-0.15, -0.1) is 0 Å². The molecule has 0 radical (unpaired) electrons. The fraction of sp³-hybridized carbons (Fsp3) is 0.267. The SMILES string of the molecule is CC(C)(Cc1cnc(N)nc1)OC(=O)c1ccccc1. The van der Waals surface area contributed by atoms with Crippen LogP contribution in [0.1, 0.15) is 29.8 Å². The lowest BCUT2D eigenvalue weighted by molar-refractivity contribution is -0.000716. The van der Waals surface area contributed by atoms with Crippen molar-refractivity contribution in [3.63, 3.8) is 0 Å². The molecule has 0 atom stereocenters. The van der Waals surface area contributed by atoms with Gasteiger partial charge in [-0.3, -0.25) is 0 Å². The highest BCUT2D eigenvalue weighted by Crippen LogP contribution is 2.18. The molecule has 2 rings (SSSR count). The van der Waals surface area contributed by atoms with Crippen LogP contribution < -0.4 is 5.73 Å². The molecule has 104 valence electrons. The maximum Gasteiger partial charge on any atom is 0.338 e. The summed E-state index contributed by atoms with van der Waals surface area (Å²) in [5.41, 5.74) is 6.20. The average Bonchev–Trinajstić information content (AvgIpc) is 2.41. The lowest BCUT2D eigenvalue weighted by Crippen LogP contribution is -2.30. The van der Waals surface area contributed by atoms with Gasteiger partial charge in [0, 0.05) is 18.8 Å². The predicted molar refractivity (Wildman–Crippen MR) is 76.1 cm³/mol. The molecule has 0 aliphatic heterocycles. The zero-order valence-electron chi connectivity index (χ0n) is 11.5. The van der Waals surface area contributed by atoms with Crippen LogP contribution in [0.2, 0.25) is 0 Å². The first kappa shape index (κ1) is 14.0. The van der Waals surface area contributed by atoms with Crippen LogP contribution in [0.25, 0.3) is 0 Å². The first-order valence-electron chi connectivity index (χ1n) is 6.31. The van der Waals surface area contributed by atoms with E-state index < -0.39 is 5.60 Å². The molecule has 5 heteroatoms. The number of carbonyl (C=O) groups is 1. The number of ether oxygens (including phenoxy) is 1. The summed E-state index contributed by atoms with van der Waals surface area (Å²) in [5.74, 6) is -0.111. The zero-order chi connectivity index (χ0) is 14.6. The Morgan fingerprint density at radius 3 is 2.40 bits per heavy atom. The van der Waals surface area contributed by atoms with Crippen LogP contribution in [0.4, 0.5) is 5.95 Å². The van der Waals surface area contributed by atoms with Crippen molar-refractivity contribution >= 4 is 11.9 Å². The van der Waals surface area contributed by atoms with Crippen molar-refractivity contribution < 1.29 is 9.53 Å². The van der Waals surface area contributed by atoms with Gasteiger partial charge in [-0.1, -0.05) is 18.2 Å². The van der Waals surface area contributed by atoms with Gasteiger partial charge in [-0.2, -0.15) is 0 Å². The molecule has 0 unspecified atom stereocenters. The number of rotatable bonds is 4. The Morgan fingerprint density at radius 1 is 1.20 bits per heavy atom. The predicted octanol–water partition coefficient (Wildman–Crippen LogP) is 2.24. The molecule has 2 aromatic rings. The number of carbonyl (C=O) groups excluding carboxylic acids is 1. The van der Waals surface area contributed by atoms with Gasteiger partial charge in [0.25, 0.3) is 0 Å². The zero-order valence-corrected chi connectivity index (χ0v) is 11.5. The first-order chi connectivity index (χ1) is 9.46. The third-order valence-corrected chi connectivity index (χ3v) is 2.73. The second-order valence-electron chi connectivity index (χ2n) is 5.14. The summed E-state index contributed by atoms with van der Waals surface area (Å²) in [6.45, 7) is 3.70. The minimum absolute atomic E-state index is 0.229. The van der Waals surface area contributed by atoms with Crippen LogP contribution in [0.3, 0.4) is 0 Å². The highest BCUT2D eigenvalue weighted by molar-refractivity contribution is 5.89. The topological polar surface area (TPSA) is 78.1 Å². The fourth-order valence-corrected chi connectivity index (χ4v) is 1.87. The highest BCUT2D eigenvalue weighted by atomic mass is 16.6. The second kappa shape index (κ2) is 5.69. The average molecular weight is 271 g/mol. The van der Waals surface area contributed by atoms with Crippen molar-refractivity contribution in [2.24, 2.45) is 0 Å². The number of benzene rings is 1. The monoisotopic (exact) mass is 271 g/mol. The van der Waals surface area contributed by atoms with Crippen molar-refractivity contribution in [3.05, 3.63) is 53.9 Å². The molecule has 0 saturated carbocycles. The van der Waals surface area contributed by atoms with Gasteiger partial charge in [0.05, 0.1) is 5.56 Å². The molecule has 2 N–H and O–H groups in total. The van der Waals surface area contributed by atoms with Crippen LogP contribution in [0.5, 0.6) is 0 Å². The van der Waals surface area contributed by atoms with E-state index in [9.17, 15) is 4.79 Å². The molecule has 0 aliphatic carbocycles. The lowest BCUT2D eigenvalue weighted by atomic mass is 10.0. The van der Waals surface area contributed by atoms with E-state index in [2.05, 4.69) is 9.97 Å². The van der Waals surface area contributed by atoms with Crippen LogP contribution in [-0.4, -0.2) is 21.5 Å². The van der Waals surface area contributed by atoms with E-state index >= 15 is 0 Å². The standard InChI is InChI=1S/C15H17N3O2/c1-15(2,8-11-9-17-14(16)18-10-11)20-13(19)12-6-4-3-5-7-12/h3-7,9-10H,8H2,1-2H3,(H2,16,17,18). The molecule has 1 aromatic carbocycles. The molecule has 0 bridgehead atoms. The van der Waals surface area contributed by atoms with E-state index in [0.717, 1.165) is 5.56 Å². The van der Waals surface area contributed by atoms with Crippen LogP contribution >= 0.6 is 0 Å². The number of nitrogen functional groups attached to an aromatic ring is 1. The van der Waals surface area contributed by atoms with Crippen molar-refractivity contribution in [1.29, 1.82) is 0 Å². The summed E-state index contributed by atoms with van der Waals surface area (Å²) in [7, 11) is 0. The van der Waals surface area contributed by atoms with Gasteiger partial charge in [-0.25, -0.2) is 14.8 Å². The van der Waals surface area contributed by atoms with Gasteiger partial charge in [0.15, 0.2) is 0 Å². The Kier molecular flexibility index (Phi) is 3.98. The number of aromatic nitrogens is 2. The summed E-state index contributed by atoms with van der Waals surface area (Å²) in [6.07, 6.45) is 3.80. The van der Waals surface area contributed by atoms with Crippen molar-refractivity contribution in [2.75, 3.05) is 5.73 Å². The molecule has 1 aromatic heterocycles. The maximum atomic E-state index is 12.0. The molecule has 20 heavy (non-hydrogen) atoms. The molecule has 5 nitrogen and oxygen atoms in total. The summed E-state index contributed by atoms with van der Waals surface area (Å²) >= 11 is 0. The normalized spacial score (nSPS) is 11.1. The van der Waals surface area contributed by atoms with E-state index in [4.69, 9.17) is 10.5 Å². The van der Waals surface area contributed by atoms with Gasteiger partial charge < -0.3 is 10.5 Å². The molecule has 1 heterocycles. The molecule has 0 spiro atoms. The Bertz CT molecular complexity index is 580. The number of nitrogens with zero attached hydrogens (tertiary/aromatic N) is 2. The summed E-state index contributed by atoms with van der Waals surface area (Å²) in [6, 6.07) is 8.91. The van der Waals surface area contributed by atoms with E-state index in [0.29, 0.717) is 12.0 Å². The minimum atomic E-state index is -0.646. The Morgan fingerprint density at radius 2 is 1.80 bits per heavy atom. The number of esters is 1. The molecular formula is C15H17N3O2. The fourth-order valence-electron chi connectivity index (χ4n) is 1.87. The molecule has 0 saturated heterocycles. The van der Waals surface area contributed by atoms with Gasteiger partial charge in [0.1, 0.15) is 5.60 Å². The van der Waals surface area contributed by atoms with Gasteiger partial charge >= 0.3 is 5.97 Å². The molecule has 0 aliphatic rings. The number of nitrogens with two attached hydrogens (primary N) is 1. The van der Waals surface area contributed by atoms with Crippen LogP contribution in [0.15, 0.2) is 42.7 Å². The van der Waals surface area contributed by atoms with Crippen molar-refractivity contribution in [1.82, 2.24) is 9.97 Å². The van der Waals surface area contributed by atoms with Crippen molar-refractivity contribution in [3.8, 4) is 0 Å². The Labute approximate surface area is 117 Å². The Hall–Kier alpha value is -2.43. The molecule has 0 amide bonds. The number of hydrogen-bond donors (Lipinski definition) is 1. The van der Waals surface area contributed by atoms with E-state index in [1.54, 1.807) is 36.7 Å². The smallest absolute Gasteiger partial charge is 0.338 e. The largest absolute Gasteiger partial charge is 0.456 e. The summed E-state index contributed by atoms with van der Waals surface area (Å²) in [4.78, 5) is 19.9. The van der Waals surface area contributed by atoms with Crippen molar-refractivity contribution in [2.45, 2.75) is 25.9 Å². The van der Waals surface area contributed by atoms with Crippen LogP contribution in [0, 0.1) is 0 Å². The van der Waals surface area contributed by atoms with Gasteiger partial charge in [0.2, 0.25) is 5.95 Å². The number of hydrogen-bond acceptors (Lipinski definition) is 5. The van der Waals surface area contributed by atoms with Gasteiger partial charge in [-0.05, 0) is 31.5 Å². The first-order valence-corrected chi connectivity index (χ1v) is 6.31. The third-order valence-electron chi connectivity index (χ3n) is 2.73. The van der Waals surface area contributed by atoms with Crippen LogP contribution in [-0.2, 0) is 11.2 Å². The summed E-state index contributed by atoms with van der Waals surface area (Å²) < 4.78 is 5.53. The molecular weight excluding hydrogens is 254 g/mol. The highest BCUT2D eigenvalue weighted by Gasteiger charge is 2.24. The second-order valence-corrected chi connectivity index (χ2v) is 5.14. The maximum absolute atomic E-state index is 12.0. The molecule has 0 fully saturated rings. The number of anilines is 1. The van der Waals surface area contributed by atoms with E-state index in [1.807, 2.05) is 19.9 Å².